The molecule has 7 nitrogen and oxygen atoms in total. The number of rotatable bonds is 7. The van der Waals surface area contributed by atoms with Gasteiger partial charge in [-0.25, -0.2) is 9.78 Å². The number of ether oxygens (including phenoxy) is 2. The second kappa shape index (κ2) is 9.77. The van der Waals surface area contributed by atoms with E-state index in [9.17, 15) is 4.79 Å². The molecule has 1 aliphatic heterocycles. The molecule has 3 aliphatic rings. The lowest BCUT2D eigenvalue weighted by molar-refractivity contribution is -0.0209. The van der Waals surface area contributed by atoms with E-state index >= 15 is 0 Å². The number of hydrogen-bond donors (Lipinski definition) is 0. The number of fused-ring (bicyclic) bond motifs is 1. The van der Waals surface area contributed by atoms with Gasteiger partial charge in [0.25, 0.3) is 0 Å². The molecule has 2 saturated carbocycles. The zero-order chi connectivity index (χ0) is 26.7. The fourth-order valence-electron chi connectivity index (χ4n) is 5.73. The molecule has 4 aromatic rings. The lowest BCUT2D eigenvalue weighted by atomic mass is 9.91. The van der Waals surface area contributed by atoms with Gasteiger partial charge in [-0.15, -0.1) is 0 Å². The van der Waals surface area contributed by atoms with E-state index in [4.69, 9.17) is 42.2 Å². The normalized spacial score (nSPS) is 20.1. The first kappa shape index (κ1) is 25.3. The molecule has 1 saturated heterocycles. The molecule has 2 aromatic heterocycles. The van der Waals surface area contributed by atoms with Crippen molar-refractivity contribution < 1.29 is 18.8 Å². The predicted molar refractivity (Wildman–Crippen MR) is 152 cm³/mol. The number of carbonyl (C=O) groups excluding carboxylic acids is 1. The predicted octanol–water partition coefficient (Wildman–Crippen LogP) is 7.50. The number of nitrogens with zero attached hydrogens (tertiary/aromatic N) is 3. The first-order valence-electron chi connectivity index (χ1n) is 13.2. The van der Waals surface area contributed by atoms with Crippen LogP contribution in [0.25, 0.3) is 21.5 Å². The largest absolute Gasteiger partial charge is 0.465 e. The topological polar surface area (TPSA) is 77.7 Å². The van der Waals surface area contributed by atoms with Gasteiger partial charge in [-0.2, -0.15) is 0 Å². The Kier molecular flexibility index (Phi) is 6.34. The summed E-state index contributed by atoms with van der Waals surface area (Å²) in [5.41, 5.74) is 3.93. The van der Waals surface area contributed by atoms with E-state index in [0.717, 1.165) is 71.9 Å². The van der Waals surface area contributed by atoms with Crippen molar-refractivity contribution in [2.24, 2.45) is 5.41 Å². The van der Waals surface area contributed by atoms with Crippen molar-refractivity contribution in [1.29, 1.82) is 0 Å². The van der Waals surface area contributed by atoms with Gasteiger partial charge >= 0.3 is 5.97 Å². The van der Waals surface area contributed by atoms with Crippen LogP contribution in [0.4, 0.5) is 5.13 Å². The van der Waals surface area contributed by atoms with Crippen molar-refractivity contribution >= 4 is 55.9 Å². The molecule has 1 unspecified atom stereocenters. The van der Waals surface area contributed by atoms with E-state index in [0.29, 0.717) is 39.4 Å². The molecular weight excluding hydrogens is 557 g/mol. The molecule has 3 fully saturated rings. The first-order chi connectivity index (χ1) is 19.0. The van der Waals surface area contributed by atoms with E-state index in [1.165, 1.54) is 7.11 Å². The maximum Gasteiger partial charge on any atom is 0.337 e. The van der Waals surface area contributed by atoms with Gasteiger partial charge in [-0.3, -0.25) is 0 Å². The summed E-state index contributed by atoms with van der Waals surface area (Å²) in [6, 6.07) is 11.0. The van der Waals surface area contributed by atoms with E-state index in [2.05, 4.69) is 10.1 Å². The third-order valence-electron chi connectivity index (χ3n) is 8.21. The van der Waals surface area contributed by atoms with Crippen LogP contribution in [0.5, 0.6) is 0 Å². The van der Waals surface area contributed by atoms with Gasteiger partial charge in [-0.1, -0.05) is 45.8 Å². The van der Waals surface area contributed by atoms with Crippen LogP contribution in [0.3, 0.4) is 0 Å². The minimum Gasteiger partial charge on any atom is -0.465 e. The fourth-order valence-corrected chi connectivity index (χ4v) is 7.34. The molecule has 3 heterocycles. The van der Waals surface area contributed by atoms with Gasteiger partial charge in [0.1, 0.15) is 11.5 Å². The lowest BCUT2D eigenvalue weighted by Gasteiger charge is -2.39. The molecule has 7 rings (SSSR count). The van der Waals surface area contributed by atoms with Crippen molar-refractivity contribution in [2.45, 2.75) is 50.7 Å². The van der Waals surface area contributed by atoms with Gasteiger partial charge in [0.15, 0.2) is 5.13 Å². The van der Waals surface area contributed by atoms with Crippen LogP contribution in [0.15, 0.2) is 40.9 Å². The molecule has 0 amide bonds. The molecule has 10 heteroatoms. The van der Waals surface area contributed by atoms with Gasteiger partial charge in [0.2, 0.25) is 0 Å². The zero-order valence-corrected chi connectivity index (χ0v) is 23.7. The maximum atomic E-state index is 12.0. The molecule has 1 spiro atoms. The van der Waals surface area contributed by atoms with Gasteiger partial charge in [-0.05, 0) is 62.4 Å². The number of piperidine rings is 1. The summed E-state index contributed by atoms with van der Waals surface area (Å²) in [6.07, 6.45) is 5.52. The number of methoxy groups -OCH3 is 1. The van der Waals surface area contributed by atoms with E-state index in [-0.39, 0.29) is 17.5 Å². The number of esters is 1. The Labute approximate surface area is 240 Å². The van der Waals surface area contributed by atoms with Crippen LogP contribution < -0.4 is 4.90 Å². The standard InChI is InChI=1S/C29H27Cl2N3O4S/c1-36-27(35)17-7-8-21-22(13-17)39-28(32-21)34-12-9-23(29(15-34)10-11-29)37-14-18-25(33-38-26(18)16-5-6-16)24-19(30)3-2-4-20(24)31/h2-4,7-8,13,16,23H,5-6,9-12,14-15H2,1H3. The van der Waals surface area contributed by atoms with Gasteiger partial charge in [0.05, 0.1) is 45.6 Å². The number of halogens is 2. The molecular formula is C29H27Cl2N3O4S. The summed E-state index contributed by atoms with van der Waals surface area (Å²) in [5, 5.41) is 6.51. The highest BCUT2D eigenvalue weighted by atomic mass is 35.5. The third-order valence-corrected chi connectivity index (χ3v) is 9.91. The summed E-state index contributed by atoms with van der Waals surface area (Å²) in [5.74, 6) is 0.963. The molecule has 1 atom stereocenters. The average Bonchev–Trinajstić information content (AvgIpc) is 3.85. The third kappa shape index (κ3) is 4.61. The van der Waals surface area contributed by atoms with Gasteiger partial charge in [0, 0.05) is 35.5 Å². The van der Waals surface area contributed by atoms with Crippen molar-refractivity contribution in [3.05, 3.63) is 63.3 Å². The van der Waals surface area contributed by atoms with Crippen molar-refractivity contribution in [1.82, 2.24) is 10.1 Å². The van der Waals surface area contributed by atoms with Crippen LogP contribution in [0.1, 0.15) is 59.7 Å². The summed E-state index contributed by atoms with van der Waals surface area (Å²) in [6.45, 7) is 2.19. The molecule has 0 N–H and O–H groups in total. The second-order valence-electron chi connectivity index (χ2n) is 10.8. The lowest BCUT2D eigenvalue weighted by Crippen LogP contribution is -2.45. The molecule has 2 aliphatic carbocycles. The Balaban J connectivity index is 1.10. The molecule has 2 aromatic carbocycles. The van der Waals surface area contributed by atoms with Crippen LogP contribution in [-0.4, -0.2) is 42.4 Å². The molecule has 202 valence electrons. The Bertz CT molecular complexity index is 1560. The second-order valence-corrected chi connectivity index (χ2v) is 12.6. The van der Waals surface area contributed by atoms with Crippen LogP contribution >= 0.6 is 34.5 Å². The Morgan fingerprint density at radius 2 is 1.97 bits per heavy atom. The van der Waals surface area contributed by atoms with E-state index in [1.807, 2.05) is 30.3 Å². The van der Waals surface area contributed by atoms with E-state index < -0.39 is 0 Å². The zero-order valence-electron chi connectivity index (χ0n) is 21.4. The number of benzene rings is 2. The highest BCUT2D eigenvalue weighted by molar-refractivity contribution is 7.22. The van der Waals surface area contributed by atoms with Crippen LogP contribution in [0, 0.1) is 5.41 Å². The summed E-state index contributed by atoms with van der Waals surface area (Å²) >= 11 is 14.7. The molecule has 0 radical (unpaired) electrons. The Morgan fingerprint density at radius 3 is 2.69 bits per heavy atom. The molecule has 0 bridgehead atoms. The fraction of sp³-hybridized carbons (Fsp3) is 0.414. The smallest absolute Gasteiger partial charge is 0.337 e. The maximum absolute atomic E-state index is 12.0. The SMILES string of the molecule is COC(=O)c1ccc2nc(N3CCC(OCc4c(-c5c(Cl)cccc5Cl)noc4C4CC4)C4(CC4)C3)sc2c1. The number of hydrogen-bond acceptors (Lipinski definition) is 8. The summed E-state index contributed by atoms with van der Waals surface area (Å²) in [7, 11) is 1.40. The number of anilines is 1. The Hall–Kier alpha value is -2.65. The number of thiazole rings is 1. The highest BCUT2D eigenvalue weighted by Crippen LogP contribution is 2.55. The highest BCUT2D eigenvalue weighted by Gasteiger charge is 2.53. The quantitative estimate of drug-likeness (QED) is 0.208. The van der Waals surface area contributed by atoms with E-state index in [1.54, 1.807) is 17.4 Å². The van der Waals surface area contributed by atoms with Crippen LogP contribution in [-0.2, 0) is 16.1 Å². The number of carbonyl (C=O) groups is 1. The first-order valence-corrected chi connectivity index (χ1v) is 14.8. The van der Waals surface area contributed by atoms with Crippen molar-refractivity contribution in [3.63, 3.8) is 0 Å². The average molecular weight is 585 g/mol. The molecule has 39 heavy (non-hydrogen) atoms. The van der Waals surface area contributed by atoms with Crippen LogP contribution in [0.2, 0.25) is 10.0 Å². The number of aromatic nitrogens is 2. The monoisotopic (exact) mass is 583 g/mol. The Morgan fingerprint density at radius 1 is 1.18 bits per heavy atom. The summed E-state index contributed by atoms with van der Waals surface area (Å²) in [4.78, 5) is 19.2. The van der Waals surface area contributed by atoms with Crippen molar-refractivity contribution in [3.8, 4) is 11.3 Å². The van der Waals surface area contributed by atoms with Gasteiger partial charge < -0.3 is 18.9 Å². The minimum atomic E-state index is -0.334. The minimum absolute atomic E-state index is 0.117. The summed E-state index contributed by atoms with van der Waals surface area (Å²) < 4.78 is 18.4. The van der Waals surface area contributed by atoms with Crippen molar-refractivity contribution in [2.75, 3.05) is 25.1 Å².